The molecular weight excluding hydrogens is 280 g/mol. The molecule has 7 heteroatoms. The third kappa shape index (κ3) is 4.33. The van der Waals surface area contributed by atoms with Gasteiger partial charge in [-0.1, -0.05) is 19.3 Å². The molecule has 1 aliphatic heterocycles. The summed E-state index contributed by atoms with van der Waals surface area (Å²) in [6.07, 6.45) is 6.61. The van der Waals surface area contributed by atoms with Gasteiger partial charge in [0, 0.05) is 38.1 Å². The summed E-state index contributed by atoms with van der Waals surface area (Å²) >= 11 is 0. The van der Waals surface area contributed by atoms with Gasteiger partial charge in [0.2, 0.25) is 5.91 Å². The summed E-state index contributed by atoms with van der Waals surface area (Å²) in [5.41, 5.74) is 5.17. The second kappa shape index (κ2) is 7.81. The van der Waals surface area contributed by atoms with Gasteiger partial charge in [-0.15, -0.1) is 12.4 Å². The molecule has 0 aromatic heterocycles. The molecule has 0 aromatic carbocycles. The van der Waals surface area contributed by atoms with Crippen LogP contribution in [0, 0.1) is 0 Å². The summed E-state index contributed by atoms with van der Waals surface area (Å²) in [5, 5.41) is 5.61. The van der Waals surface area contributed by atoms with Crippen molar-refractivity contribution >= 4 is 24.3 Å². The first kappa shape index (κ1) is 17.2. The molecule has 1 spiro atoms. The number of primary amides is 1. The molecule has 2 aliphatic rings. The van der Waals surface area contributed by atoms with Crippen molar-refractivity contribution in [2.45, 2.75) is 44.1 Å². The first-order chi connectivity index (χ1) is 9.12. The molecule has 4 N–H and O–H groups in total. The van der Waals surface area contributed by atoms with Crippen LogP contribution in [0.3, 0.4) is 0 Å². The average molecular weight is 305 g/mol. The number of hydrogen-bond donors (Lipinski definition) is 3. The van der Waals surface area contributed by atoms with Crippen LogP contribution in [-0.2, 0) is 4.79 Å². The highest BCUT2D eigenvalue weighted by molar-refractivity contribution is 5.93. The smallest absolute Gasteiger partial charge is 0.318 e. The van der Waals surface area contributed by atoms with E-state index in [0.717, 1.165) is 19.6 Å². The Hall–Kier alpha value is -0.850. The van der Waals surface area contributed by atoms with Crippen LogP contribution in [0.25, 0.3) is 0 Å². The molecule has 0 aromatic rings. The lowest BCUT2D eigenvalue weighted by Crippen LogP contribution is -2.62. The van der Waals surface area contributed by atoms with E-state index < -0.39 is 6.03 Å². The minimum absolute atomic E-state index is 0. The lowest BCUT2D eigenvalue weighted by Gasteiger charge is -2.50. The molecule has 2 fully saturated rings. The fraction of sp³-hybridized carbons (Fsp3) is 0.846. The summed E-state index contributed by atoms with van der Waals surface area (Å²) in [5.74, 6) is -0.281. The zero-order valence-electron chi connectivity index (χ0n) is 11.8. The maximum Gasteiger partial charge on any atom is 0.318 e. The molecular formula is C13H25ClN4O2. The van der Waals surface area contributed by atoms with Gasteiger partial charge in [-0.25, -0.2) is 4.79 Å². The normalized spacial score (nSPS) is 22.0. The fourth-order valence-electron chi connectivity index (χ4n) is 3.37. The van der Waals surface area contributed by atoms with Crippen LogP contribution in [0.2, 0.25) is 0 Å². The molecule has 3 amide bonds. The average Bonchev–Trinajstić information content (AvgIpc) is 2.38. The van der Waals surface area contributed by atoms with Gasteiger partial charge in [0.15, 0.2) is 0 Å². The van der Waals surface area contributed by atoms with Crippen molar-refractivity contribution in [3.05, 3.63) is 0 Å². The lowest BCUT2D eigenvalue weighted by molar-refractivity contribution is -0.120. The molecule has 2 rings (SSSR count). The van der Waals surface area contributed by atoms with Crippen molar-refractivity contribution in [3.8, 4) is 0 Å². The summed E-state index contributed by atoms with van der Waals surface area (Å²) in [6, 6.07) is -0.766. The standard InChI is InChI=1S/C13H24N4O2.ClH/c14-12(19)16-11(18)4-8-17-9-7-15-10-13(17)5-2-1-3-6-13;/h15H,1-10H2,(H3,14,16,18,19);1H. The van der Waals surface area contributed by atoms with E-state index in [1.54, 1.807) is 0 Å². The van der Waals surface area contributed by atoms with Gasteiger partial charge in [0.25, 0.3) is 0 Å². The molecule has 116 valence electrons. The molecule has 0 atom stereocenters. The number of nitrogens with two attached hydrogens (primary N) is 1. The monoisotopic (exact) mass is 304 g/mol. The minimum Gasteiger partial charge on any atom is -0.351 e. The fourth-order valence-corrected chi connectivity index (χ4v) is 3.37. The Morgan fingerprint density at radius 1 is 1.25 bits per heavy atom. The molecule has 1 heterocycles. The van der Waals surface area contributed by atoms with E-state index in [1.807, 2.05) is 0 Å². The summed E-state index contributed by atoms with van der Waals surface area (Å²) in [4.78, 5) is 24.6. The maximum absolute atomic E-state index is 11.5. The predicted molar refractivity (Wildman–Crippen MR) is 79.8 cm³/mol. The highest BCUT2D eigenvalue weighted by Crippen LogP contribution is 2.34. The number of carbonyl (C=O) groups excluding carboxylic acids is 2. The van der Waals surface area contributed by atoms with Crippen LogP contribution >= 0.6 is 12.4 Å². The molecule has 20 heavy (non-hydrogen) atoms. The number of halogens is 1. The number of rotatable bonds is 3. The molecule has 0 unspecified atom stereocenters. The summed E-state index contributed by atoms with van der Waals surface area (Å²) in [6.45, 7) is 3.67. The van der Waals surface area contributed by atoms with Gasteiger partial charge in [-0.05, 0) is 12.8 Å². The number of urea groups is 1. The van der Waals surface area contributed by atoms with Gasteiger partial charge < -0.3 is 11.1 Å². The van der Waals surface area contributed by atoms with Crippen LogP contribution in [0.1, 0.15) is 38.5 Å². The highest BCUT2D eigenvalue weighted by atomic mass is 35.5. The molecule has 1 saturated carbocycles. The second-order valence-electron chi connectivity index (χ2n) is 5.61. The van der Waals surface area contributed by atoms with E-state index in [0.29, 0.717) is 13.0 Å². The van der Waals surface area contributed by atoms with Crippen molar-refractivity contribution < 1.29 is 9.59 Å². The zero-order chi connectivity index (χ0) is 13.7. The lowest BCUT2D eigenvalue weighted by atomic mass is 9.79. The number of nitrogens with one attached hydrogen (secondary N) is 2. The quantitative estimate of drug-likeness (QED) is 0.712. The molecule has 1 saturated heterocycles. The molecule has 0 radical (unpaired) electrons. The van der Waals surface area contributed by atoms with Gasteiger partial charge >= 0.3 is 6.03 Å². The molecule has 1 aliphatic carbocycles. The van der Waals surface area contributed by atoms with Crippen LogP contribution in [0.15, 0.2) is 0 Å². The van der Waals surface area contributed by atoms with Gasteiger partial charge in [-0.2, -0.15) is 0 Å². The van der Waals surface area contributed by atoms with Crippen LogP contribution < -0.4 is 16.4 Å². The largest absolute Gasteiger partial charge is 0.351 e. The number of hydrogen-bond acceptors (Lipinski definition) is 4. The number of nitrogens with zero attached hydrogens (tertiary/aromatic N) is 1. The minimum atomic E-state index is -0.766. The first-order valence-corrected chi connectivity index (χ1v) is 7.17. The predicted octanol–water partition coefficient (Wildman–Crippen LogP) is 0.601. The second-order valence-corrected chi connectivity index (χ2v) is 5.61. The van der Waals surface area contributed by atoms with Crippen molar-refractivity contribution in [2.24, 2.45) is 5.73 Å². The van der Waals surface area contributed by atoms with Gasteiger partial charge in [-0.3, -0.25) is 15.0 Å². The van der Waals surface area contributed by atoms with Gasteiger partial charge in [0.1, 0.15) is 0 Å². The Bertz CT molecular complexity index is 337. The first-order valence-electron chi connectivity index (χ1n) is 7.17. The van der Waals surface area contributed by atoms with Crippen molar-refractivity contribution in [2.75, 3.05) is 26.2 Å². The number of piperazine rings is 1. The van der Waals surface area contributed by atoms with Gasteiger partial charge in [0.05, 0.1) is 0 Å². The van der Waals surface area contributed by atoms with E-state index in [-0.39, 0.29) is 23.9 Å². The van der Waals surface area contributed by atoms with Crippen LogP contribution in [-0.4, -0.2) is 48.6 Å². The van der Waals surface area contributed by atoms with E-state index in [2.05, 4.69) is 15.5 Å². The Kier molecular flexibility index (Phi) is 6.71. The van der Waals surface area contributed by atoms with E-state index in [1.165, 1.54) is 32.1 Å². The van der Waals surface area contributed by atoms with E-state index in [4.69, 9.17) is 5.73 Å². The Balaban J connectivity index is 0.00000200. The van der Waals surface area contributed by atoms with Crippen molar-refractivity contribution in [3.63, 3.8) is 0 Å². The third-order valence-electron chi connectivity index (χ3n) is 4.34. The number of carbonyl (C=O) groups is 2. The zero-order valence-corrected chi connectivity index (χ0v) is 12.6. The van der Waals surface area contributed by atoms with Crippen LogP contribution in [0.5, 0.6) is 0 Å². The summed E-state index contributed by atoms with van der Waals surface area (Å²) in [7, 11) is 0. The van der Waals surface area contributed by atoms with Crippen LogP contribution in [0.4, 0.5) is 4.79 Å². The number of amides is 3. The Labute approximate surface area is 126 Å². The van der Waals surface area contributed by atoms with Crippen molar-refractivity contribution in [1.29, 1.82) is 0 Å². The third-order valence-corrected chi connectivity index (χ3v) is 4.34. The topological polar surface area (TPSA) is 87.5 Å². The Morgan fingerprint density at radius 2 is 1.95 bits per heavy atom. The van der Waals surface area contributed by atoms with E-state index >= 15 is 0 Å². The molecule has 0 bridgehead atoms. The van der Waals surface area contributed by atoms with Crippen molar-refractivity contribution in [1.82, 2.24) is 15.5 Å². The maximum atomic E-state index is 11.5. The molecule has 6 nitrogen and oxygen atoms in total. The Morgan fingerprint density at radius 3 is 2.60 bits per heavy atom. The SMILES string of the molecule is Cl.NC(=O)NC(=O)CCN1CCNCC12CCCCC2. The summed E-state index contributed by atoms with van der Waals surface area (Å²) < 4.78 is 0. The number of imide groups is 1. The highest BCUT2D eigenvalue weighted by Gasteiger charge is 2.39. The van der Waals surface area contributed by atoms with E-state index in [9.17, 15) is 9.59 Å².